The predicted molar refractivity (Wildman–Crippen MR) is 89.8 cm³/mol. The van der Waals surface area contributed by atoms with Gasteiger partial charge in [0.2, 0.25) is 6.10 Å². The third-order valence-corrected chi connectivity index (χ3v) is 4.53. The van der Waals surface area contributed by atoms with Crippen LogP contribution in [0.25, 0.3) is 0 Å². The van der Waals surface area contributed by atoms with E-state index >= 15 is 0 Å². The van der Waals surface area contributed by atoms with Crippen LogP contribution in [0, 0.1) is 0 Å². The van der Waals surface area contributed by atoms with E-state index in [9.17, 15) is 0 Å². The largest absolute Gasteiger partial charge is 0.209 e. The summed E-state index contributed by atoms with van der Waals surface area (Å²) in [5.41, 5.74) is 0. The zero-order chi connectivity index (χ0) is 13.5. The maximum Gasteiger partial charge on any atom is 0.209 e. The van der Waals surface area contributed by atoms with Crippen molar-refractivity contribution in [3.05, 3.63) is 0 Å². The molecule has 2 heteroatoms. The molecule has 0 aromatic rings. The van der Waals surface area contributed by atoms with Crippen LogP contribution in [0.5, 0.6) is 0 Å². The first-order valence-electron chi connectivity index (χ1n) is 8.28. The van der Waals surface area contributed by atoms with E-state index < -0.39 is 0 Å². The van der Waals surface area contributed by atoms with Crippen LogP contribution >= 0.6 is 15.8 Å². The monoisotopic (exact) mass is 315 g/mol. The first-order chi connectivity index (χ1) is 8.85. The van der Waals surface area contributed by atoms with E-state index in [1.54, 1.807) is 0 Å². The fraction of sp³-hybridized carbons (Fsp3) is 1.00. The van der Waals surface area contributed by atoms with Crippen molar-refractivity contribution >= 4 is 21.9 Å². The number of rotatable bonds is 14. The average molecular weight is 316 g/mol. The van der Waals surface area contributed by atoms with Crippen molar-refractivity contribution in [1.82, 2.24) is 0 Å². The Hall–Kier alpha value is 0.545. The third kappa shape index (κ3) is 13.0. The second kappa shape index (κ2) is 15.6. The zero-order valence-electron chi connectivity index (χ0n) is 12.7. The molecule has 0 nitrogen and oxygen atoms in total. The van der Waals surface area contributed by atoms with Crippen LogP contribution < -0.4 is 0 Å². The van der Waals surface area contributed by atoms with Gasteiger partial charge >= 0.3 is 0 Å². The summed E-state index contributed by atoms with van der Waals surface area (Å²) in [6, 6.07) is 0. The number of unbranched alkanes of at least 4 members (excludes halogenated alkanes) is 9. The molecule has 0 amide bonds. The topological polar surface area (TPSA) is 0 Å². The minimum atomic E-state index is 0.817. The maximum absolute atomic E-state index is 3.57. The summed E-state index contributed by atoms with van der Waals surface area (Å²) < 4.78 is 0. The second-order valence-corrected chi connectivity index (χ2v) is 6.17. The van der Waals surface area contributed by atoms with Gasteiger partial charge in [-0.15, -0.1) is 0 Å². The highest BCUT2D eigenvalue weighted by atomic mass is 79.9. The normalized spacial score (nSPS) is 12.6. The van der Waals surface area contributed by atoms with E-state index in [0.717, 1.165) is 5.82 Å². The molecule has 0 heterocycles. The third-order valence-electron chi connectivity index (χ3n) is 3.79. The Balaban J connectivity index is 3.29. The van der Waals surface area contributed by atoms with Crippen LogP contribution in [0.3, 0.4) is 0 Å². The SMILES string of the molecule is CCCCCCCCC([B]Br)CCCCCCC. The molecule has 1 atom stereocenters. The Morgan fingerprint density at radius 3 is 1.44 bits per heavy atom. The van der Waals surface area contributed by atoms with Gasteiger partial charge in [-0.25, -0.2) is 0 Å². The van der Waals surface area contributed by atoms with Crippen LogP contribution in [0.4, 0.5) is 0 Å². The second-order valence-electron chi connectivity index (χ2n) is 5.65. The zero-order valence-corrected chi connectivity index (χ0v) is 14.3. The summed E-state index contributed by atoms with van der Waals surface area (Å²) in [7, 11) is 0. The highest BCUT2D eigenvalue weighted by Gasteiger charge is 2.07. The average Bonchev–Trinajstić information content (AvgIpc) is 2.40. The van der Waals surface area contributed by atoms with Gasteiger partial charge in [0.1, 0.15) is 0 Å². The molecule has 0 aliphatic rings. The van der Waals surface area contributed by atoms with Gasteiger partial charge in [0.05, 0.1) is 0 Å². The van der Waals surface area contributed by atoms with E-state index in [0.29, 0.717) is 0 Å². The van der Waals surface area contributed by atoms with Crippen molar-refractivity contribution in [1.29, 1.82) is 0 Å². The van der Waals surface area contributed by atoms with Crippen LogP contribution in [0.15, 0.2) is 0 Å². The van der Waals surface area contributed by atoms with Crippen molar-refractivity contribution in [3.8, 4) is 0 Å². The molecule has 0 N–H and O–H groups in total. The van der Waals surface area contributed by atoms with Gasteiger partial charge in [-0.2, -0.15) is 15.8 Å². The Morgan fingerprint density at radius 2 is 1.06 bits per heavy atom. The molecule has 0 rings (SSSR count). The van der Waals surface area contributed by atoms with Gasteiger partial charge in [-0.3, -0.25) is 0 Å². The Kier molecular flexibility index (Phi) is 16.1. The first kappa shape index (κ1) is 18.5. The van der Waals surface area contributed by atoms with Crippen molar-refractivity contribution in [2.45, 2.75) is 103 Å². The number of halogens is 1. The fourth-order valence-electron chi connectivity index (χ4n) is 2.47. The standard InChI is InChI=1S/C16H33BBr/c1-3-5-7-9-11-13-15-16(17-18)14-12-10-8-6-4-2/h16H,3-15H2,1-2H3. The van der Waals surface area contributed by atoms with E-state index in [1.165, 1.54) is 83.5 Å². The molecule has 0 bridgehead atoms. The lowest BCUT2D eigenvalue weighted by Crippen LogP contribution is -1.98. The highest BCUT2D eigenvalue weighted by Crippen LogP contribution is 2.24. The molecular weight excluding hydrogens is 283 g/mol. The molecule has 1 unspecified atom stereocenters. The van der Waals surface area contributed by atoms with Gasteiger partial charge in [0.15, 0.2) is 0 Å². The van der Waals surface area contributed by atoms with Crippen molar-refractivity contribution in [3.63, 3.8) is 0 Å². The number of hydrogen-bond donors (Lipinski definition) is 0. The van der Waals surface area contributed by atoms with Crippen LogP contribution in [0.2, 0.25) is 5.82 Å². The predicted octanol–water partition coefficient (Wildman–Crippen LogP) is 6.90. The summed E-state index contributed by atoms with van der Waals surface area (Å²) in [6.45, 7) is 4.57. The fourth-order valence-corrected chi connectivity index (χ4v) is 3.00. The van der Waals surface area contributed by atoms with Gasteiger partial charge < -0.3 is 0 Å². The Labute approximate surface area is 125 Å². The molecule has 0 saturated carbocycles. The Bertz CT molecular complexity index is 150. The van der Waals surface area contributed by atoms with E-state index in [2.05, 4.69) is 35.7 Å². The molecule has 0 saturated heterocycles. The summed E-state index contributed by atoms with van der Waals surface area (Å²) in [6.07, 6.45) is 20.6. The molecule has 0 aliphatic carbocycles. The molecular formula is C16H33BBr. The van der Waals surface area contributed by atoms with Gasteiger partial charge in [0, 0.05) is 0 Å². The summed E-state index contributed by atoms with van der Waals surface area (Å²) in [5, 5.41) is 0. The molecule has 1 radical (unpaired) electrons. The molecule has 0 aromatic carbocycles. The van der Waals surface area contributed by atoms with E-state index in [-0.39, 0.29) is 0 Å². The van der Waals surface area contributed by atoms with Gasteiger partial charge in [-0.05, 0) is 0 Å². The van der Waals surface area contributed by atoms with Crippen molar-refractivity contribution in [2.24, 2.45) is 0 Å². The van der Waals surface area contributed by atoms with Crippen molar-refractivity contribution in [2.75, 3.05) is 0 Å². The number of hydrogen-bond acceptors (Lipinski definition) is 0. The lowest BCUT2D eigenvalue weighted by Gasteiger charge is -2.12. The van der Waals surface area contributed by atoms with Crippen molar-refractivity contribution < 1.29 is 0 Å². The lowest BCUT2D eigenvalue weighted by molar-refractivity contribution is 0.537. The van der Waals surface area contributed by atoms with Gasteiger partial charge in [0.25, 0.3) is 0 Å². The van der Waals surface area contributed by atoms with E-state index in [1.807, 2.05) is 0 Å². The van der Waals surface area contributed by atoms with Crippen LogP contribution in [-0.2, 0) is 0 Å². The van der Waals surface area contributed by atoms with Gasteiger partial charge in [-0.1, -0.05) is 103 Å². The quantitative estimate of drug-likeness (QED) is 0.241. The Morgan fingerprint density at radius 1 is 0.667 bits per heavy atom. The highest BCUT2D eigenvalue weighted by molar-refractivity contribution is 9.23. The summed E-state index contributed by atoms with van der Waals surface area (Å²) in [4.78, 5) is 0. The maximum atomic E-state index is 3.57. The lowest BCUT2D eigenvalue weighted by atomic mass is 9.78. The minimum Gasteiger partial charge on any atom is -0.165 e. The first-order valence-corrected chi connectivity index (χ1v) is 9.20. The minimum absolute atomic E-state index is 0.817. The molecule has 0 spiro atoms. The summed E-state index contributed by atoms with van der Waals surface area (Å²) in [5.74, 6) is 0.817. The smallest absolute Gasteiger partial charge is 0.165 e. The van der Waals surface area contributed by atoms with Crippen LogP contribution in [-0.4, -0.2) is 6.10 Å². The molecule has 18 heavy (non-hydrogen) atoms. The molecule has 0 fully saturated rings. The molecule has 107 valence electrons. The summed E-state index contributed by atoms with van der Waals surface area (Å²) >= 11 is 3.57. The molecule has 0 aliphatic heterocycles. The molecule has 0 aromatic heterocycles. The van der Waals surface area contributed by atoms with E-state index in [4.69, 9.17) is 0 Å². The van der Waals surface area contributed by atoms with Crippen LogP contribution in [0.1, 0.15) is 97.3 Å².